The molecular weight excluding hydrogens is 288 g/mol. The van der Waals surface area contributed by atoms with E-state index in [9.17, 15) is 4.79 Å². The standard InChI is InChI=1S/C10H11BrN4O2/c1-10(2,3)17-9(16)15(11)8-7(6-12)13-4-5-14-8/h4-5H,1-3H3. The number of amides is 1. The number of carbonyl (C=O) groups is 1. The lowest BCUT2D eigenvalue weighted by molar-refractivity contribution is 0.0613. The van der Waals surface area contributed by atoms with Gasteiger partial charge in [-0.1, -0.05) is 0 Å². The molecule has 0 unspecified atom stereocenters. The van der Waals surface area contributed by atoms with E-state index in [0.717, 1.165) is 3.93 Å². The molecule has 0 radical (unpaired) electrons. The quantitative estimate of drug-likeness (QED) is 0.744. The maximum absolute atomic E-state index is 11.7. The van der Waals surface area contributed by atoms with Gasteiger partial charge in [0.25, 0.3) is 0 Å². The van der Waals surface area contributed by atoms with E-state index in [0.29, 0.717) is 0 Å². The zero-order valence-electron chi connectivity index (χ0n) is 9.64. The zero-order valence-corrected chi connectivity index (χ0v) is 11.2. The van der Waals surface area contributed by atoms with Crippen molar-refractivity contribution in [3.63, 3.8) is 0 Å². The van der Waals surface area contributed by atoms with Gasteiger partial charge in [-0.15, -0.1) is 0 Å². The number of aromatic nitrogens is 2. The third kappa shape index (κ3) is 3.67. The second kappa shape index (κ2) is 5.10. The number of carbonyl (C=O) groups excluding carboxylic acids is 1. The molecule has 0 fully saturated rings. The number of hydrogen-bond donors (Lipinski definition) is 0. The predicted octanol–water partition coefficient (Wildman–Crippen LogP) is 2.40. The first-order valence-corrected chi connectivity index (χ1v) is 5.46. The normalized spacial score (nSPS) is 10.5. The molecule has 6 nitrogen and oxygen atoms in total. The highest BCUT2D eigenvalue weighted by molar-refractivity contribution is 9.10. The molecule has 1 amide bonds. The number of hydrogen-bond acceptors (Lipinski definition) is 5. The van der Waals surface area contributed by atoms with Crippen molar-refractivity contribution in [2.24, 2.45) is 0 Å². The summed E-state index contributed by atoms with van der Waals surface area (Å²) in [5.74, 6) is 0.101. The van der Waals surface area contributed by atoms with Crippen molar-refractivity contribution in [1.29, 1.82) is 5.26 Å². The van der Waals surface area contributed by atoms with Crippen LogP contribution in [0.3, 0.4) is 0 Å². The van der Waals surface area contributed by atoms with Crippen molar-refractivity contribution in [1.82, 2.24) is 9.97 Å². The van der Waals surface area contributed by atoms with Gasteiger partial charge in [0.2, 0.25) is 0 Å². The van der Waals surface area contributed by atoms with E-state index in [1.807, 2.05) is 6.07 Å². The SMILES string of the molecule is CC(C)(C)OC(=O)N(Br)c1nccnc1C#N. The number of rotatable bonds is 1. The first-order chi connectivity index (χ1) is 7.85. The maximum atomic E-state index is 11.7. The highest BCUT2D eigenvalue weighted by Crippen LogP contribution is 2.21. The van der Waals surface area contributed by atoms with Gasteiger partial charge >= 0.3 is 6.09 Å². The number of ether oxygens (including phenoxy) is 1. The summed E-state index contributed by atoms with van der Waals surface area (Å²) in [6.45, 7) is 5.23. The van der Waals surface area contributed by atoms with Crippen LogP contribution in [-0.4, -0.2) is 21.7 Å². The van der Waals surface area contributed by atoms with Crippen molar-refractivity contribution in [3.8, 4) is 6.07 Å². The third-order valence-electron chi connectivity index (χ3n) is 1.52. The van der Waals surface area contributed by atoms with E-state index in [4.69, 9.17) is 10.00 Å². The van der Waals surface area contributed by atoms with Gasteiger partial charge in [-0.3, -0.25) is 0 Å². The molecule has 0 saturated carbocycles. The van der Waals surface area contributed by atoms with Gasteiger partial charge in [0.15, 0.2) is 11.5 Å². The molecule has 0 aliphatic carbocycles. The predicted molar refractivity (Wildman–Crippen MR) is 64.4 cm³/mol. The summed E-state index contributed by atoms with van der Waals surface area (Å²) >= 11 is 3.00. The lowest BCUT2D eigenvalue weighted by atomic mass is 10.2. The van der Waals surface area contributed by atoms with Gasteiger partial charge in [0.05, 0.1) is 16.1 Å². The van der Waals surface area contributed by atoms with Crippen LogP contribution in [0, 0.1) is 11.3 Å². The molecule has 1 aromatic rings. The lowest BCUT2D eigenvalue weighted by Gasteiger charge is -2.22. The van der Waals surface area contributed by atoms with Crippen molar-refractivity contribution < 1.29 is 9.53 Å². The largest absolute Gasteiger partial charge is 0.443 e. The second-order valence-corrected chi connectivity index (χ2v) is 4.81. The molecule has 0 aliphatic heterocycles. The van der Waals surface area contributed by atoms with Gasteiger partial charge in [-0.25, -0.2) is 14.8 Å². The van der Waals surface area contributed by atoms with Crippen molar-refractivity contribution >= 4 is 28.1 Å². The van der Waals surface area contributed by atoms with Gasteiger partial charge in [0.1, 0.15) is 11.7 Å². The number of anilines is 1. The molecule has 1 aromatic heterocycles. The molecule has 0 atom stereocenters. The Morgan fingerprint density at radius 3 is 2.59 bits per heavy atom. The van der Waals surface area contributed by atoms with Gasteiger partial charge in [-0.2, -0.15) is 9.19 Å². The van der Waals surface area contributed by atoms with Crippen LogP contribution in [0.4, 0.5) is 10.6 Å². The number of nitrogens with zero attached hydrogens (tertiary/aromatic N) is 4. The van der Waals surface area contributed by atoms with E-state index < -0.39 is 11.7 Å². The van der Waals surface area contributed by atoms with Crippen LogP contribution in [0.2, 0.25) is 0 Å². The summed E-state index contributed by atoms with van der Waals surface area (Å²) in [4.78, 5) is 19.4. The van der Waals surface area contributed by atoms with Crippen LogP contribution in [0.1, 0.15) is 26.5 Å². The number of nitriles is 1. The Morgan fingerprint density at radius 1 is 1.47 bits per heavy atom. The summed E-state index contributed by atoms with van der Waals surface area (Å²) in [6, 6.07) is 1.84. The highest BCUT2D eigenvalue weighted by atomic mass is 79.9. The molecule has 1 rings (SSSR count). The third-order valence-corrected chi connectivity index (χ3v) is 2.15. The Kier molecular flexibility index (Phi) is 4.02. The molecule has 0 aromatic carbocycles. The summed E-state index contributed by atoms with van der Waals surface area (Å²) in [5.41, 5.74) is -0.590. The first kappa shape index (κ1) is 13.4. The molecule has 0 bridgehead atoms. The summed E-state index contributed by atoms with van der Waals surface area (Å²) in [5, 5.41) is 8.83. The molecule has 0 saturated heterocycles. The summed E-state index contributed by atoms with van der Waals surface area (Å²) in [6.07, 6.45) is 2.10. The highest BCUT2D eigenvalue weighted by Gasteiger charge is 2.24. The van der Waals surface area contributed by atoms with Crippen LogP contribution >= 0.6 is 16.1 Å². The Labute approximate surface area is 108 Å². The molecule has 7 heteroatoms. The zero-order chi connectivity index (χ0) is 13.1. The molecule has 90 valence electrons. The van der Waals surface area contributed by atoms with E-state index in [2.05, 4.69) is 26.1 Å². The van der Waals surface area contributed by atoms with Crippen molar-refractivity contribution in [2.75, 3.05) is 3.93 Å². The Balaban J connectivity index is 2.94. The minimum atomic E-state index is -0.658. The molecule has 0 N–H and O–H groups in total. The molecule has 17 heavy (non-hydrogen) atoms. The van der Waals surface area contributed by atoms with Crippen LogP contribution in [-0.2, 0) is 4.74 Å². The monoisotopic (exact) mass is 298 g/mol. The molecule has 0 spiro atoms. The maximum Gasteiger partial charge on any atom is 0.426 e. The second-order valence-electron chi connectivity index (χ2n) is 4.10. The van der Waals surface area contributed by atoms with E-state index >= 15 is 0 Å². The summed E-state index contributed by atoms with van der Waals surface area (Å²) in [7, 11) is 0. The van der Waals surface area contributed by atoms with Crippen molar-refractivity contribution in [3.05, 3.63) is 18.1 Å². The topological polar surface area (TPSA) is 79.1 Å². The Bertz CT molecular complexity index is 464. The Hall–Kier alpha value is -1.68. The smallest absolute Gasteiger partial charge is 0.426 e. The Morgan fingerprint density at radius 2 is 2.06 bits per heavy atom. The fourth-order valence-electron chi connectivity index (χ4n) is 0.942. The molecule has 1 heterocycles. The van der Waals surface area contributed by atoms with E-state index in [1.165, 1.54) is 12.4 Å². The van der Waals surface area contributed by atoms with E-state index in [-0.39, 0.29) is 11.5 Å². The van der Waals surface area contributed by atoms with Crippen LogP contribution in [0.5, 0.6) is 0 Å². The van der Waals surface area contributed by atoms with Crippen LogP contribution in [0.15, 0.2) is 12.4 Å². The van der Waals surface area contributed by atoms with Crippen LogP contribution in [0.25, 0.3) is 0 Å². The summed E-state index contributed by atoms with van der Waals surface area (Å²) < 4.78 is 6.09. The average molecular weight is 299 g/mol. The lowest BCUT2D eigenvalue weighted by Crippen LogP contribution is -2.31. The van der Waals surface area contributed by atoms with Gasteiger partial charge in [0, 0.05) is 12.4 Å². The first-order valence-electron chi connectivity index (χ1n) is 4.75. The fraction of sp³-hybridized carbons (Fsp3) is 0.400. The molecular formula is C10H11BrN4O2. The van der Waals surface area contributed by atoms with E-state index in [1.54, 1.807) is 20.8 Å². The van der Waals surface area contributed by atoms with Gasteiger partial charge < -0.3 is 4.74 Å². The average Bonchev–Trinajstić information content (AvgIpc) is 2.25. The van der Waals surface area contributed by atoms with Crippen molar-refractivity contribution in [2.45, 2.75) is 26.4 Å². The number of halogens is 1. The fourth-order valence-corrected chi connectivity index (χ4v) is 1.27. The molecule has 0 aliphatic rings. The van der Waals surface area contributed by atoms with Gasteiger partial charge in [-0.05, 0) is 20.8 Å². The minimum Gasteiger partial charge on any atom is -0.443 e. The minimum absolute atomic E-state index is 0.0373. The van der Waals surface area contributed by atoms with Crippen LogP contribution < -0.4 is 3.93 Å².